The number of fused-ring (bicyclic) bond motifs is 2. The third-order valence-corrected chi connectivity index (χ3v) is 8.86. The summed E-state index contributed by atoms with van der Waals surface area (Å²) >= 11 is 0. The van der Waals surface area contributed by atoms with Crippen LogP contribution < -0.4 is 0 Å². The van der Waals surface area contributed by atoms with Gasteiger partial charge in [-0.1, -0.05) is 5.16 Å². The second-order valence-corrected chi connectivity index (χ2v) is 12.6. The fourth-order valence-electron chi connectivity index (χ4n) is 6.65. The highest BCUT2D eigenvalue weighted by atomic mass is 16.6. The summed E-state index contributed by atoms with van der Waals surface area (Å²) in [6.45, 7) is 5.68. The quantitative estimate of drug-likeness (QED) is 0.496. The van der Waals surface area contributed by atoms with Crippen LogP contribution in [0.25, 0.3) is 0 Å². The maximum atomic E-state index is 13.5. The number of nitrogens with zero attached hydrogens (tertiary/aromatic N) is 2. The minimum Gasteiger partial charge on any atom is -0.458 e. The molecule has 6 rings (SSSR count). The molecule has 3 heterocycles. The zero-order chi connectivity index (χ0) is 23.7. The molecule has 1 aromatic heterocycles. The van der Waals surface area contributed by atoms with Gasteiger partial charge in [0.05, 0.1) is 0 Å². The normalized spacial score (nSPS) is 30.4. The van der Waals surface area contributed by atoms with Crippen molar-refractivity contribution in [3.05, 3.63) is 17.0 Å². The number of hydrogen-bond acceptors (Lipinski definition) is 6. The summed E-state index contributed by atoms with van der Waals surface area (Å²) in [5.41, 5.74) is 1.56. The Balaban J connectivity index is 1.15. The van der Waals surface area contributed by atoms with Gasteiger partial charge in [-0.15, -0.1) is 0 Å². The molecule has 34 heavy (non-hydrogen) atoms. The number of carbonyl (C=O) groups excluding carboxylic acids is 2. The van der Waals surface area contributed by atoms with Crippen molar-refractivity contribution >= 4 is 12.1 Å². The topological polar surface area (TPSA) is 81.9 Å². The van der Waals surface area contributed by atoms with Crippen molar-refractivity contribution in [2.75, 3.05) is 0 Å². The summed E-state index contributed by atoms with van der Waals surface area (Å²) in [7, 11) is 0. The number of esters is 1. The van der Waals surface area contributed by atoms with Gasteiger partial charge in [0.2, 0.25) is 0 Å². The van der Waals surface area contributed by atoms with Crippen LogP contribution in [0.3, 0.4) is 0 Å². The molecule has 0 unspecified atom stereocenters. The van der Waals surface area contributed by atoms with Crippen LogP contribution in [0.5, 0.6) is 0 Å². The van der Waals surface area contributed by atoms with Gasteiger partial charge in [0, 0.05) is 36.8 Å². The molecule has 3 saturated carbocycles. The van der Waals surface area contributed by atoms with Gasteiger partial charge in [-0.3, -0.25) is 0 Å². The predicted molar refractivity (Wildman–Crippen MR) is 125 cm³/mol. The third kappa shape index (κ3) is 4.24. The zero-order valence-corrected chi connectivity index (χ0v) is 20.8. The molecular weight excluding hydrogens is 432 g/mol. The van der Waals surface area contributed by atoms with E-state index in [9.17, 15) is 9.59 Å². The number of amides is 1. The first kappa shape index (κ1) is 22.4. The maximum absolute atomic E-state index is 13.5. The molecule has 2 aliphatic heterocycles. The molecule has 5 aliphatic rings. The SMILES string of the molecule is CC(C)(C)OC(=O)N1[C@@H]2CC[C@H]1C[C@H](OC(=O)c1c(C3CCC4(CC3)CC4)noc1C1CC1)C2. The Bertz CT molecular complexity index is 946. The van der Waals surface area contributed by atoms with Crippen LogP contribution in [0, 0.1) is 5.41 Å². The number of rotatable bonds is 4. The fraction of sp³-hybridized carbons (Fsp3) is 0.815. The van der Waals surface area contributed by atoms with Gasteiger partial charge in [-0.25, -0.2) is 9.59 Å². The second kappa shape index (κ2) is 7.99. The van der Waals surface area contributed by atoms with Crippen LogP contribution in [0.15, 0.2) is 4.52 Å². The number of hydrogen-bond donors (Lipinski definition) is 0. The molecule has 7 heteroatoms. The van der Waals surface area contributed by atoms with Crippen molar-refractivity contribution in [3.63, 3.8) is 0 Å². The summed E-state index contributed by atoms with van der Waals surface area (Å²) in [6.07, 6.45) is 12.3. The summed E-state index contributed by atoms with van der Waals surface area (Å²) in [5, 5.41) is 4.45. The molecule has 3 atom stereocenters. The molecule has 186 valence electrons. The molecule has 2 bridgehead atoms. The molecule has 3 aliphatic carbocycles. The summed E-state index contributed by atoms with van der Waals surface area (Å²) in [6, 6.07) is 0.147. The largest absolute Gasteiger partial charge is 0.458 e. The van der Waals surface area contributed by atoms with Crippen LogP contribution in [-0.2, 0) is 9.47 Å². The predicted octanol–water partition coefficient (Wildman–Crippen LogP) is 6.08. The third-order valence-electron chi connectivity index (χ3n) is 8.86. The van der Waals surface area contributed by atoms with Gasteiger partial charge in [0.25, 0.3) is 0 Å². The van der Waals surface area contributed by atoms with E-state index in [1.165, 1.54) is 25.7 Å². The van der Waals surface area contributed by atoms with Crippen molar-refractivity contribution in [2.24, 2.45) is 5.41 Å². The highest BCUT2D eigenvalue weighted by Gasteiger charge is 2.48. The van der Waals surface area contributed by atoms with E-state index >= 15 is 0 Å². The lowest BCUT2D eigenvalue weighted by atomic mass is 9.77. The summed E-state index contributed by atoms with van der Waals surface area (Å²) < 4.78 is 17.6. The Morgan fingerprint density at radius 2 is 1.59 bits per heavy atom. The van der Waals surface area contributed by atoms with Gasteiger partial charge in [0.1, 0.15) is 23.0 Å². The molecule has 2 saturated heterocycles. The molecule has 0 radical (unpaired) electrons. The van der Waals surface area contributed by atoms with Crippen LogP contribution in [-0.4, -0.2) is 45.9 Å². The lowest BCUT2D eigenvalue weighted by molar-refractivity contribution is -0.0227. The van der Waals surface area contributed by atoms with Gasteiger partial charge >= 0.3 is 12.1 Å². The molecule has 1 amide bonds. The van der Waals surface area contributed by atoms with E-state index in [-0.39, 0.29) is 30.3 Å². The second-order valence-electron chi connectivity index (χ2n) is 12.6. The number of carbonyl (C=O) groups is 2. The lowest BCUT2D eigenvalue weighted by Gasteiger charge is -2.39. The van der Waals surface area contributed by atoms with Crippen molar-refractivity contribution in [1.82, 2.24) is 10.1 Å². The average molecular weight is 471 g/mol. The van der Waals surface area contributed by atoms with Gasteiger partial charge in [0.15, 0.2) is 5.76 Å². The smallest absolute Gasteiger partial charge is 0.410 e. The molecular formula is C27H38N2O5. The van der Waals surface area contributed by atoms with E-state index in [2.05, 4.69) is 5.16 Å². The zero-order valence-electron chi connectivity index (χ0n) is 20.8. The molecule has 0 N–H and O–H groups in total. The molecule has 5 fully saturated rings. The molecule has 7 nitrogen and oxygen atoms in total. The minimum absolute atomic E-state index is 0.0734. The van der Waals surface area contributed by atoms with Crippen LogP contribution >= 0.6 is 0 Å². The summed E-state index contributed by atoms with van der Waals surface area (Å²) in [5.74, 6) is 1.10. The van der Waals surface area contributed by atoms with Crippen LogP contribution in [0.2, 0.25) is 0 Å². The Morgan fingerprint density at radius 3 is 2.15 bits per heavy atom. The van der Waals surface area contributed by atoms with E-state index in [0.29, 0.717) is 35.7 Å². The van der Waals surface area contributed by atoms with Crippen molar-refractivity contribution < 1.29 is 23.6 Å². The molecule has 1 spiro atoms. The van der Waals surface area contributed by atoms with Crippen LogP contribution in [0.4, 0.5) is 4.79 Å². The lowest BCUT2D eigenvalue weighted by Crippen LogP contribution is -2.50. The monoisotopic (exact) mass is 470 g/mol. The highest BCUT2D eigenvalue weighted by molar-refractivity contribution is 5.92. The number of ether oxygens (including phenoxy) is 2. The first-order valence-corrected chi connectivity index (χ1v) is 13.4. The molecule has 1 aromatic rings. The Hall–Kier alpha value is -2.05. The Morgan fingerprint density at radius 1 is 0.941 bits per heavy atom. The van der Waals surface area contributed by atoms with Gasteiger partial charge < -0.3 is 18.9 Å². The fourth-order valence-corrected chi connectivity index (χ4v) is 6.65. The van der Waals surface area contributed by atoms with Crippen molar-refractivity contribution in [2.45, 2.75) is 133 Å². The van der Waals surface area contributed by atoms with E-state index < -0.39 is 5.60 Å². The van der Waals surface area contributed by atoms with E-state index in [4.69, 9.17) is 14.0 Å². The number of aromatic nitrogens is 1. The van der Waals surface area contributed by atoms with Crippen molar-refractivity contribution in [1.29, 1.82) is 0 Å². The van der Waals surface area contributed by atoms with Gasteiger partial charge in [-0.2, -0.15) is 0 Å². The standard InChI is InChI=1S/C27H38N2O5/c1-26(2,3)33-25(31)29-18-6-7-19(29)15-20(14-18)32-24(30)21-22(28-34-23(21)17-4-5-17)16-8-10-27(11-9-16)12-13-27/h16-20H,4-15H2,1-3H3/t18-,19+,20-. The van der Waals surface area contributed by atoms with Crippen LogP contribution in [0.1, 0.15) is 131 Å². The summed E-state index contributed by atoms with van der Waals surface area (Å²) in [4.78, 5) is 28.2. The Labute approximate surface area is 201 Å². The average Bonchev–Trinajstić information content (AvgIpc) is 3.68. The number of piperidine rings is 1. The van der Waals surface area contributed by atoms with Crippen molar-refractivity contribution in [3.8, 4) is 0 Å². The first-order chi connectivity index (χ1) is 16.2. The highest BCUT2D eigenvalue weighted by Crippen LogP contribution is 2.59. The first-order valence-electron chi connectivity index (χ1n) is 13.4. The Kier molecular flexibility index (Phi) is 5.27. The minimum atomic E-state index is -0.512. The van der Waals surface area contributed by atoms with E-state index in [1.54, 1.807) is 0 Å². The van der Waals surface area contributed by atoms with E-state index in [0.717, 1.165) is 50.0 Å². The van der Waals surface area contributed by atoms with Gasteiger partial charge in [-0.05, 0) is 90.4 Å². The molecule has 0 aromatic carbocycles. The maximum Gasteiger partial charge on any atom is 0.410 e. The van der Waals surface area contributed by atoms with E-state index in [1.807, 2.05) is 25.7 Å².